The molecule has 0 saturated carbocycles. The molecule has 0 aromatic rings. The topological polar surface area (TPSA) is 26.0 Å². The van der Waals surface area contributed by atoms with Gasteiger partial charge in [0.05, 0.1) is 0 Å². The first-order chi connectivity index (χ1) is 4.95. The van der Waals surface area contributed by atoms with Gasteiger partial charge in [-0.15, -0.1) is 0 Å². The van der Waals surface area contributed by atoms with Crippen LogP contribution in [0.5, 0.6) is 0 Å². The minimum atomic E-state index is 0.744. The Bertz CT molecular complexity index is 141. The van der Waals surface area contributed by atoms with Crippen molar-refractivity contribution in [1.29, 1.82) is 0 Å². The molecule has 0 aromatic carbocycles. The summed E-state index contributed by atoms with van der Waals surface area (Å²) in [5.41, 5.74) is 7.99. The largest absolute Gasteiger partial charge is 0.402 e. The van der Waals surface area contributed by atoms with Gasteiger partial charge in [-0.2, -0.15) is 0 Å². The first-order valence-corrected chi connectivity index (χ1v) is 4.37. The van der Waals surface area contributed by atoms with Crippen LogP contribution in [0.2, 0.25) is 0 Å². The highest BCUT2D eigenvalue weighted by Gasteiger charge is 2.07. The molecule has 0 bridgehead atoms. The molecule has 1 heteroatoms. The van der Waals surface area contributed by atoms with Crippen LogP contribution in [0.1, 0.15) is 41.0 Å². The van der Waals surface area contributed by atoms with Crippen LogP contribution in [-0.2, 0) is 0 Å². The fourth-order valence-corrected chi connectivity index (χ4v) is 0.880. The Labute approximate surface area is 70.7 Å². The first-order valence-electron chi connectivity index (χ1n) is 4.37. The maximum absolute atomic E-state index is 5.66. The van der Waals surface area contributed by atoms with E-state index >= 15 is 0 Å². The summed E-state index contributed by atoms with van der Waals surface area (Å²) in [5, 5.41) is 0. The highest BCUT2D eigenvalue weighted by atomic mass is 14.6. The fraction of sp³-hybridized carbons (Fsp3) is 0.800. The molecule has 11 heavy (non-hydrogen) atoms. The Balaban J connectivity index is 3.96. The van der Waals surface area contributed by atoms with E-state index < -0.39 is 0 Å². The van der Waals surface area contributed by atoms with Gasteiger partial charge < -0.3 is 5.73 Å². The van der Waals surface area contributed by atoms with E-state index in [4.69, 9.17) is 5.73 Å². The summed E-state index contributed by atoms with van der Waals surface area (Å²) in [7, 11) is 0. The van der Waals surface area contributed by atoms with Crippen molar-refractivity contribution < 1.29 is 0 Å². The molecule has 0 spiro atoms. The van der Waals surface area contributed by atoms with Gasteiger partial charge in [-0.25, -0.2) is 0 Å². The molecule has 0 aliphatic rings. The minimum Gasteiger partial charge on any atom is -0.402 e. The average Bonchev–Trinajstić information content (AvgIpc) is 1.87. The van der Waals surface area contributed by atoms with Crippen LogP contribution in [0.4, 0.5) is 0 Å². The number of rotatable bonds is 3. The minimum absolute atomic E-state index is 0.744. The van der Waals surface area contributed by atoms with Crippen molar-refractivity contribution >= 4 is 0 Å². The van der Waals surface area contributed by atoms with Crippen molar-refractivity contribution in [2.75, 3.05) is 0 Å². The van der Waals surface area contributed by atoms with Gasteiger partial charge in [0.1, 0.15) is 0 Å². The van der Waals surface area contributed by atoms with Gasteiger partial charge in [0.15, 0.2) is 0 Å². The van der Waals surface area contributed by atoms with E-state index in [0.29, 0.717) is 0 Å². The lowest BCUT2D eigenvalue weighted by molar-refractivity contribution is 0.415. The van der Waals surface area contributed by atoms with E-state index in [-0.39, 0.29) is 0 Å². The summed E-state index contributed by atoms with van der Waals surface area (Å²) >= 11 is 0. The Morgan fingerprint density at radius 2 is 1.64 bits per heavy atom. The maximum atomic E-state index is 5.66. The van der Waals surface area contributed by atoms with Crippen molar-refractivity contribution in [3.8, 4) is 0 Å². The van der Waals surface area contributed by atoms with Gasteiger partial charge in [-0.3, -0.25) is 0 Å². The molecular formula is C10H21N. The summed E-state index contributed by atoms with van der Waals surface area (Å²) in [5.74, 6) is 1.50. The Kier molecular flexibility index (Phi) is 4.24. The van der Waals surface area contributed by atoms with Crippen molar-refractivity contribution in [3.05, 3.63) is 11.3 Å². The van der Waals surface area contributed by atoms with E-state index in [2.05, 4.69) is 27.7 Å². The quantitative estimate of drug-likeness (QED) is 0.666. The Hall–Kier alpha value is -0.460. The third-order valence-electron chi connectivity index (χ3n) is 2.44. The average molecular weight is 155 g/mol. The lowest BCUT2D eigenvalue weighted by Crippen LogP contribution is -2.06. The van der Waals surface area contributed by atoms with Gasteiger partial charge in [-0.05, 0) is 32.1 Å². The van der Waals surface area contributed by atoms with Crippen LogP contribution in [0.3, 0.4) is 0 Å². The molecule has 1 unspecified atom stereocenters. The van der Waals surface area contributed by atoms with Crippen LogP contribution >= 0.6 is 0 Å². The number of allylic oxidation sites excluding steroid dienone is 2. The lowest BCUT2D eigenvalue weighted by atomic mass is 9.91. The molecule has 1 nitrogen and oxygen atoms in total. The van der Waals surface area contributed by atoms with Crippen molar-refractivity contribution in [2.45, 2.75) is 41.0 Å². The van der Waals surface area contributed by atoms with Crippen LogP contribution in [0.15, 0.2) is 11.3 Å². The fourth-order valence-electron chi connectivity index (χ4n) is 0.880. The SMILES string of the molecule is C/C(N)=C(/C)CC(C)C(C)C. The van der Waals surface area contributed by atoms with Crippen LogP contribution in [0, 0.1) is 11.8 Å². The standard InChI is InChI=1S/C10H21N/c1-7(2)8(3)6-9(4)10(5)11/h7-8H,6,11H2,1-5H3/b10-9+. The number of hydrogen-bond acceptors (Lipinski definition) is 1. The molecule has 1 atom stereocenters. The molecule has 0 aliphatic carbocycles. The molecule has 66 valence electrons. The maximum Gasteiger partial charge on any atom is 0.00380 e. The van der Waals surface area contributed by atoms with E-state index in [0.717, 1.165) is 24.0 Å². The molecule has 0 amide bonds. The highest BCUT2D eigenvalue weighted by Crippen LogP contribution is 2.19. The zero-order chi connectivity index (χ0) is 9.02. The molecule has 0 saturated heterocycles. The van der Waals surface area contributed by atoms with E-state index in [1.54, 1.807) is 0 Å². The zero-order valence-electron chi connectivity index (χ0n) is 8.44. The molecule has 0 fully saturated rings. The number of hydrogen-bond donors (Lipinski definition) is 1. The monoisotopic (exact) mass is 155 g/mol. The molecule has 0 aliphatic heterocycles. The van der Waals surface area contributed by atoms with E-state index in [1.807, 2.05) is 6.92 Å². The predicted molar refractivity (Wildman–Crippen MR) is 51.2 cm³/mol. The van der Waals surface area contributed by atoms with Gasteiger partial charge in [0, 0.05) is 5.70 Å². The molecule has 0 aromatic heterocycles. The van der Waals surface area contributed by atoms with Gasteiger partial charge >= 0.3 is 0 Å². The summed E-state index contributed by atoms with van der Waals surface area (Å²) in [6.07, 6.45) is 1.14. The highest BCUT2D eigenvalue weighted by molar-refractivity contribution is 5.06. The Morgan fingerprint density at radius 3 is 1.91 bits per heavy atom. The summed E-state index contributed by atoms with van der Waals surface area (Å²) < 4.78 is 0. The van der Waals surface area contributed by atoms with Gasteiger partial charge in [-0.1, -0.05) is 26.3 Å². The normalized spacial score (nSPS) is 16.5. The van der Waals surface area contributed by atoms with Gasteiger partial charge in [0.2, 0.25) is 0 Å². The van der Waals surface area contributed by atoms with Crippen LogP contribution in [0.25, 0.3) is 0 Å². The summed E-state index contributed by atoms with van der Waals surface area (Å²) in [4.78, 5) is 0. The third-order valence-corrected chi connectivity index (χ3v) is 2.44. The summed E-state index contributed by atoms with van der Waals surface area (Å²) in [6, 6.07) is 0. The Morgan fingerprint density at radius 1 is 1.18 bits per heavy atom. The molecule has 2 N–H and O–H groups in total. The second-order valence-electron chi connectivity index (χ2n) is 3.89. The first kappa shape index (κ1) is 10.5. The van der Waals surface area contributed by atoms with Crippen molar-refractivity contribution in [3.63, 3.8) is 0 Å². The van der Waals surface area contributed by atoms with Crippen molar-refractivity contribution in [2.24, 2.45) is 17.6 Å². The van der Waals surface area contributed by atoms with Crippen molar-refractivity contribution in [1.82, 2.24) is 0 Å². The predicted octanol–water partition coefficient (Wildman–Crippen LogP) is 2.92. The smallest absolute Gasteiger partial charge is 0.00380 e. The zero-order valence-corrected chi connectivity index (χ0v) is 8.44. The van der Waals surface area contributed by atoms with E-state index in [1.165, 1.54) is 5.57 Å². The van der Waals surface area contributed by atoms with Gasteiger partial charge in [0.25, 0.3) is 0 Å². The van der Waals surface area contributed by atoms with E-state index in [9.17, 15) is 0 Å². The van der Waals surface area contributed by atoms with Crippen LogP contribution < -0.4 is 5.73 Å². The lowest BCUT2D eigenvalue weighted by Gasteiger charge is -2.16. The second kappa shape index (κ2) is 4.42. The molecular weight excluding hydrogens is 134 g/mol. The summed E-state index contributed by atoms with van der Waals surface area (Å²) in [6.45, 7) is 10.9. The molecule has 0 heterocycles. The molecule has 0 radical (unpaired) electrons. The third kappa shape index (κ3) is 4.07. The number of nitrogens with two attached hydrogens (primary N) is 1. The second-order valence-corrected chi connectivity index (χ2v) is 3.89. The molecule has 0 rings (SSSR count). The van der Waals surface area contributed by atoms with Crippen LogP contribution in [-0.4, -0.2) is 0 Å².